The van der Waals surface area contributed by atoms with Gasteiger partial charge in [0.05, 0.1) is 6.04 Å². The van der Waals surface area contributed by atoms with E-state index < -0.39 is 0 Å². The second-order valence-electron chi connectivity index (χ2n) is 3.41. The van der Waals surface area contributed by atoms with Gasteiger partial charge in [-0.05, 0) is 6.92 Å². The predicted molar refractivity (Wildman–Crippen MR) is 49.2 cm³/mol. The van der Waals surface area contributed by atoms with Crippen LogP contribution in [0.25, 0.3) is 0 Å². The first-order valence-electron chi connectivity index (χ1n) is 4.67. The summed E-state index contributed by atoms with van der Waals surface area (Å²) in [6.07, 6.45) is 0.944. The van der Waals surface area contributed by atoms with Gasteiger partial charge in [0.15, 0.2) is 0 Å². The Morgan fingerprint density at radius 3 is 3.08 bits per heavy atom. The molecule has 13 heavy (non-hydrogen) atoms. The number of fused-ring (bicyclic) bond motifs is 1. The molecule has 0 bridgehead atoms. The molecule has 5 nitrogen and oxygen atoms in total. The molecular weight excluding hydrogens is 166 g/mol. The second-order valence-corrected chi connectivity index (χ2v) is 3.41. The van der Waals surface area contributed by atoms with Crippen LogP contribution < -0.4 is 11.1 Å². The fourth-order valence-corrected chi connectivity index (χ4v) is 1.63. The van der Waals surface area contributed by atoms with Crippen LogP contribution in [0.3, 0.4) is 0 Å². The molecule has 1 aromatic rings. The highest BCUT2D eigenvalue weighted by Gasteiger charge is 2.16. The molecule has 1 aliphatic rings. The molecule has 5 heteroatoms. The molecule has 0 saturated heterocycles. The van der Waals surface area contributed by atoms with Crippen LogP contribution in [0.1, 0.15) is 24.6 Å². The van der Waals surface area contributed by atoms with Crippen molar-refractivity contribution in [3.63, 3.8) is 0 Å². The lowest BCUT2D eigenvalue weighted by Crippen LogP contribution is -2.20. The van der Waals surface area contributed by atoms with Gasteiger partial charge in [-0.15, -0.1) is 10.2 Å². The lowest BCUT2D eigenvalue weighted by Gasteiger charge is -2.08. The van der Waals surface area contributed by atoms with Gasteiger partial charge in [0.2, 0.25) is 0 Å². The van der Waals surface area contributed by atoms with Crippen LogP contribution in [0.4, 0.5) is 0 Å². The van der Waals surface area contributed by atoms with E-state index in [2.05, 4.69) is 20.1 Å². The zero-order valence-corrected chi connectivity index (χ0v) is 7.82. The van der Waals surface area contributed by atoms with Crippen LogP contribution in [0, 0.1) is 0 Å². The zero-order valence-electron chi connectivity index (χ0n) is 7.82. The number of rotatable bonds is 1. The lowest BCUT2D eigenvalue weighted by molar-refractivity contribution is 0.589. The highest BCUT2D eigenvalue weighted by Crippen LogP contribution is 2.10. The molecule has 3 N–H and O–H groups in total. The summed E-state index contributed by atoms with van der Waals surface area (Å²) in [6.45, 7) is 4.83. The summed E-state index contributed by atoms with van der Waals surface area (Å²) in [5, 5.41) is 11.5. The third kappa shape index (κ3) is 1.57. The largest absolute Gasteiger partial charge is 0.322 e. The Morgan fingerprint density at radius 2 is 2.31 bits per heavy atom. The van der Waals surface area contributed by atoms with Crippen LogP contribution in [-0.2, 0) is 13.0 Å². The van der Waals surface area contributed by atoms with Crippen molar-refractivity contribution in [2.24, 2.45) is 5.73 Å². The number of nitrogens with zero attached hydrogens (tertiary/aromatic N) is 3. The molecular formula is C8H15N5. The standard InChI is InChI=1S/C8H15N5/c1-6(9)8-12-11-7-2-3-10-4-5-13(7)8/h6,10H,2-5,9H2,1H3/t6-/m0/s1. The number of aromatic nitrogens is 3. The Hall–Kier alpha value is -0.940. The van der Waals surface area contributed by atoms with E-state index in [0.717, 1.165) is 37.7 Å². The molecule has 1 aliphatic heterocycles. The molecule has 0 saturated carbocycles. The van der Waals surface area contributed by atoms with Crippen molar-refractivity contribution < 1.29 is 0 Å². The van der Waals surface area contributed by atoms with Crippen LogP contribution in [0.2, 0.25) is 0 Å². The van der Waals surface area contributed by atoms with Crippen molar-refractivity contribution in [2.45, 2.75) is 25.9 Å². The van der Waals surface area contributed by atoms with Crippen molar-refractivity contribution in [1.82, 2.24) is 20.1 Å². The molecule has 2 rings (SSSR count). The molecule has 0 fully saturated rings. The van der Waals surface area contributed by atoms with Crippen molar-refractivity contribution in [2.75, 3.05) is 13.1 Å². The minimum Gasteiger partial charge on any atom is -0.322 e. The summed E-state index contributed by atoms with van der Waals surface area (Å²) in [7, 11) is 0. The summed E-state index contributed by atoms with van der Waals surface area (Å²) in [5.41, 5.74) is 5.79. The topological polar surface area (TPSA) is 68.8 Å². The third-order valence-electron chi connectivity index (χ3n) is 2.30. The maximum atomic E-state index is 5.79. The minimum atomic E-state index is -0.0284. The van der Waals surface area contributed by atoms with Gasteiger partial charge >= 0.3 is 0 Å². The van der Waals surface area contributed by atoms with E-state index in [9.17, 15) is 0 Å². The van der Waals surface area contributed by atoms with E-state index >= 15 is 0 Å². The highest BCUT2D eigenvalue weighted by molar-refractivity contribution is 5.01. The Morgan fingerprint density at radius 1 is 1.46 bits per heavy atom. The van der Waals surface area contributed by atoms with Crippen LogP contribution in [-0.4, -0.2) is 27.9 Å². The number of nitrogens with two attached hydrogens (primary N) is 1. The zero-order chi connectivity index (χ0) is 9.26. The Labute approximate surface area is 77.3 Å². The molecule has 1 atom stereocenters. The van der Waals surface area contributed by atoms with Gasteiger partial charge in [-0.2, -0.15) is 0 Å². The van der Waals surface area contributed by atoms with E-state index in [1.165, 1.54) is 0 Å². The maximum absolute atomic E-state index is 5.79. The molecule has 0 unspecified atom stereocenters. The SMILES string of the molecule is C[C@H](N)c1nnc2n1CCNCC2. The van der Waals surface area contributed by atoms with Gasteiger partial charge in [0.1, 0.15) is 11.6 Å². The van der Waals surface area contributed by atoms with Crippen LogP contribution in [0.15, 0.2) is 0 Å². The van der Waals surface area contributed by atoms with Gasteiger partial charge in [-0.25, -0.2) is 0 Å². The molecule has 2 heterocycles. The average Bonchev–Trinajstić information content (AvgIpc) is 2.36. The first kappa shape index (κ1) is 8.65. The van der Waals surface area contributed by atoms with Crippen molar-refractivity contribution in [3.8, 4) is 0 Å². The van der Waals surface area contributed by atoms with E-state index in [4.69, 9.17) is 5.73 Å². The third-order valence-corrected chi connectivity index (χ3v) is 2.30. The first-order valence-corrected chi connectivity index (χ1v) is 4.67. The minimum absolute atomic E-state index is 0.0284. The quantitative estimate of drug-likeness (QED) is 0.609. The fraction of sp³-hybridized carbons (Fsp3) is 0.750. The van der Waals surface area contributed by atoms with Crippen LogP contribution in [0.5, 0.6) is 0 Å². The molecule has 0 aromatic carbocycles. The second kappa shape index (κ2) is 3.43. The van der Waals surface area contributed by atoms with E-state index in [-0.39, 0.29) is 6.04 Å². The van der Waals surface area contributed by atoms with Crippen molar-refractivity contribution in [3.05, 3.63) is 11.6 Å². The maximum Gasteiger partial charge on any atom is 0.149 e. The predicted octanol–water partition coefficient (Wildman–Crippen LogP) is -0.556. The summed E-state index contributed by atoms with van der Waals surface area (Å²) < 4.78 is 2.13. The fourth-order valence-electron chi connectivity index (χ4n) is 1.63. The molecule has 0 radical (unpaired) electrons. The lowest BCUT2D eigenvalue weighted by atomic mass is 10.3. The molecule has 72 valence electrons. The Balaban J connectivity index is 2.34. The van der Waals surface area contributed by atoms with Gasteiger partial charge in [-0.3, -0.25) is 0 Å². The first-order chi connectivity index (χ1) is 6.29. The molecule has 1 aromatic heterocycles. The Bertz CT molecular complexity index is 291. The molecule has 0 aliphatic carbocycles. The molecule has 0 amide bonds. The monoisotopic (exact) mass is 181 g/mol. The Kier molecular flexibility index (Phi) is 2.28. The van der Waals surface area contributed by atoms with Gasteiger partial charge in [-0.1, -0.05) is 0 Å². The van der Waals surface area contributed by atoms with Gasteiger partial charge in [0, 0.05) is 26.1 Å². The smallest absolute Gasteiger partial charge is 0.149 e. The molecule has 0 spiro atoms. The van der Waals surface area contributed by atoms with Crippen molar-refractivity contribution >= 4 is 0 Å². The highest BCUT2D eigenvalue weighted by atomic mass is 15.3. The summed E-state index contributed by atoms with van der Waals surface area (Å²) in [5.74, 6) is 1.95. The van der Waals surface area contributed by atoms with E-state index in [1.807, 2.05) is 6.92 Å². The number of hydrogen-bond donors (Lipinski definition) is 2. The number of hydrogen-bond acceptors (Lipinski definition) is 4. The van der Waals surface area contributed by atoms with Crippen molar-refractivity contribution in [1.29, 1.82) is 0 Å². The van der Waals surface area contributed by atoms with Gasteiger partial charge in [0.25, 0.3) is 0 Å². The summed E-state index contributed by atoms with van der Waals surface area (Å²) in [6, 6.07) is -0.0284. The van der Waals surface area contributed by atoms with Crippen LogP contribution >= 0.6 is 0 Å². The van der Waals surface area contributed by atoms with Gasteiger partial charge < -0.3 is 15.6 Å². The summed E-state index contributed by atoms with van der Waals surface area (Å²) in [4.78, 5) is 0. The summed E-state index contributed by atoms with van der Waals surface area (Å²) >= 11 is 0. The number of nitrogens with one attached hydrogen (secondary N) is 1. The van der Waals surface area contributed by atoms with E-state index in [1.54, 1.807) is 0 Å². The normalized spacial score (nSPS) is 19.2. The average molecular weight is 181 g/mol. The van der Waals surface area contributed by atoms with E-state index in [0.29, 0.717) is 0 Å².